The fourth-order valence-electron chi connectivity index (χ4n) is 2.57. The Hall–Kier alpha value is -3.02. The fourth-order valence-corrected chi connectivity index (χ4v) is 2.57. The van der Waals surface area contributed by atoms with Crippen LogP contribution >= 0.6 is 0 Å². The number of amides is 1. The minimum absolute atomic E-state index is 0.194. The Balaban J connectivity index is 1.94. The van der Waals surface area contributed by atoms with Crippen molar-refractivity contribution in [2.75, 3.05) is 7.11 Å². The molecule has 0 aromatic heterocycles. The first-order valence-electron chi connectivity index (χ1n) is 7.76. The first kappa shape index (κ1) is 16.8. The lowest BCUT2D eigenvalue weighted by atomic mass is 10.1. The van der Waals surface area contributed by atoms with E-state index in [2.05, 4.69) is 10.3 Å². The standard InChI is InChI=1S/C19H16F2N2O2/c1-3-12-8-11(4-7-17(12)25-2)9-16-19(24)23-18(22-16)13-5-6-14(20)15(21)10-13/h4-10H,3H2,1-2H3,(H,22,23,24)/b16-9+. The molecule has 0 radical (unpaired) electrons. The van der Waals surface area contributed by atoms with E-state index in [0.29, 0.717) is 5.56 Å². The first-order valence-corrected chi connectivity index (χ1v) is 7.76. The maximum absolute atomic E-state index is 13.4. The van der Waals surface area contributed by atoms with Gasteiger partial charge in [-0.1, -0.05) is 13.0 Å². The maximum atomic E-state index is 13.4. The molecule has 128 valence electrons. The molecule has 25 heavy (non-hydrogen) atoms. The smallest absolute Gasteiger partial charge is 0.275 e. The van der Waals surface area contributed by atoms with Gasteiger partial charge in [-0.2, -0.15) is 0 Å². The summed E-state index contributed by atoms with van der Waals surface area (Å²) in [5.41, 5.74) is 2.32. The fraction of sp³-hybridized carbons (Fsp3) is 0.158. The van der Waals surface area contributed by atoms with Crippen molar-refractivity contribution in [3.05, 3.63) is 70.4 Å². The van der Waals surface area contributed by atoms with Gasteiger partial charge in [0, 0.05) is 5.56 Å². The van der Waals surface area contributed by atoms with Gasteiger partial charge in [-0.15, -0.1) is 0 Å². The quantitative estimate of drug-likeness (QED) is 0.865. The van der Waals surface area contributed by atoms with Gasteiger partial charge in [-0.3, -0.25) is 4.79 Å². The molecule has 4 nitrogen and oxygen atoms in total. The van der Waals surface area contributed by atoms with Crippen molar-refractivity contribution in [3.8, 4) is 5.75 Å². The van der Waals surface area contributed by atoms with Crippen LogP contribution in [0.15, 0.2) is 47.1 Å². The van der Waals surface area contributed by atoms with Gasteiger partial charge in [-0.25, -0.2) is 13.8 Å². The van der Waals surface area contributed by atoms with Gasteiger partial charge in [0.05, 0.1) is 7.11 Å². The number of ether oxygens (including phenoxy) is 1. The van der Waals surface area contributed by atoms with Crippen LogP contribution < -0.4 is 10.1 Å². The summed E-state index contributed by atoms with van der Waals surface area (Å²) < 4.78 is 31.7. The van der Waals surface area contributed by atoms with Crippen LogP contribution in [0.5, 0.6) is 5.75 Å². The molecule has 1 aliphatic heterocycles. The molecule has 0 fully saturated rings. The number of nitrogens with one attached hydrogen (secondary N) is 1. The van der Waals surface area contributed by atoms with Crippen LogP contribution in [0.4, 0.5) is 8.78 Å². The van der Waals surface area contributed by atoms with Gasteiger partial charge in [-0.05, 0) is 54.0 Å². The number of rotatable bonds is 4. The van der Waals surface area contributed by atoms with Crippen molar-refractivity contribution in [1.29, 1.82) is 0 Å². The topological polar surface area (TPSA) is 50.7 Å². The third-order valence-electron chi connectivity index (χ3n) is 3.88. The lowest BCUT2D eigenvalue weighted by molar-refractivity contribution is -0.115. The normalized spacial score (nSPS) is 15.3. The number of carbonyl (C=O) groups excluding carboxylic acids is 1. The van der Waals surface area contributed by atoms with Gasteiger partial charge in [0.2, 0.25) is 0 Å². The number of carbonyl (C=O) groups is 1. The molecule has 0 atom stereocenters. The van der Waals surface area contributed by atoms with Crippen LogP contribution in [0, 0.1) is 11.6 Å². The Labute approximate surface area is 143 Å². The molecule has 0 spiro atoms. The van der Waals surface area contributed by atoms with Crippen LogP contribution in [0.1, 0.15) is 23.6 Å². The predicted molar refractivity (Wildman–Crippen MR) is 91.4 cm³/mol. The molecule has 1 N–H and O–H groups in total. The Morgan fingerprint density at radius 1 is 1.16 bits per heavy atom. The number of methoxy groups -OCH3 is 1. The van der Waals surface area contributed by atoms with Crippen molar-refractivity contribution in [2.45, 2.75) is 13.3 Å². The van der Waals surface area contributed by atoms with Crippen LogP contribution in [-0.2, 0) is 11.2 Å². The summed E-state index contributed by atoms with van der Waals surface area (Å²) in [7, 11) is 1.61. The molecule has 2 aromatic carbocycles. The van der Waals surface area contributed by atoms with E-state index >= 15 is 0 Å². The number of hydrogen-bond donors (Lipinski definition) is 1. The molecule has 1 amide bonds. The van der Waals surface area contributed by atoms with Crippen LogP contribution in [-0.4, -0.2) is 18.9 Å². The van der Waals surface area contributed by atoms with E-state index < -0.39 is 17.5 Å². The highest BCUT2D eigenvalue weighted by Crippen LogP contribution is 2.23. The van der Waals surface area contributed by atoms with E-state index in [1.807, 2.05) is 25.1 Å². The molecule has 0 bridgehead atoms. The summed E-state index contributed by atoms with van der Waals surface area (Å²) in [6.45, 7) is 2.01. The molecule has 2 aromatic rings. The van der Waals surface area contributed by atoms with Crippen molar-refractivity contribution >= 4 is 17.8 Å². The lowest BCUT2D eigenvalue weighted by Crippen LogP contribution is -2.24. The van der Waals surface area contributed by atoms with E-state index in [0.717, 1.165) is 35.4 Å². The predicted octanol–water partition coefficient (Wildman–Crippen LogP) is 3.45. The van der Waals surface area contributed by atoms with E-state index in [-0.39, 0.29) is 11.5 Å². The number of amidine groups is 1. The second-order valence-electron chi connectivity index (χ2n) is 5.50. The molecular formula is C19H16F2N2O2. The molecule has 0 saturated carbocycles. The average Bonchev–Trinajstić information content (AvgIpc) is 2.97. The van der Waals surface area contributed by atoms with Crippen LogP contribution in [0.25, 0.3) is 6.08 Å². The average molecular weight is 342 g/mol. The second kappa shape index (κ2) is 6.84. The third kappa shape index (κ3) is 3.42. The molecule has 1 aliphatic rings. The molecule has 0 aliphatic carbocycles. The molecule has 0 saturated heterocycles. The van der Waals surface area contributed by atoms with E-state index in [9.17, 15) is 13.6 Å². The third-order valence-corrected chi connectivity index (χ3v) is 3.88. The zero-order valence-corrected chi connectivity index (χ0v) is 13.8. The highest BCUT2D eigenvalue weighted by atomic mass is 19.2. The Bertz CT molecular complexity index is 904. The van der Waals surface area contributed by atoms with Gasteiger partial charge in [0.25, 0.3) is 5.91 Å². The van der Waals surface area contributed by atoms with E-state index in [1.165, 1.54) is 6.07 Å². The van der Waals surface area contributed by atoms with Gasteiger partial charge >= 0.3 is 0 Å². The molecule has 3 rings (SSSR count). The minimum atomic E-state index is -0.991. The zero-order chi connectivity index (χ0) is 18.0. The number of nitrogens with zero attached hydrogens (tertiary/aromatic N) is 1. The highest BCUT2D eigenvalue weighted by molar-refractivity contribution is 6.19. The van der Waals surface area contributed by atoms with Crippen molar-refractivity contribution in [1.82, 2.24) is 5.32 Å². The summed E-state index contributed by atoms with van der Waals surface area (Å²) >= 11 is 0. The van der Waals surface area contributed by atoms with Gasteiger partial charge in [0.1, 0.15) is 17.3 Å². The summed E-state index contributed by atoms with van der Waals surface area (Å²) in [4.78, 5) is 16.3. The lowest BCUT2D eigenvalue weighted by Gasteiger charge is -2.07. The van der Waals surface area contributed by atoms with E-state index in [1.54, 1.807) is 13.2 Å². The number of aryl methyl sites for hydroxylation is 1. The Morgan fingerprint density at radius 3 is 2.64 bits per heavy atom. The Kier molecular flexibility index (Phi) is 4.61. The molecule has 6 heteroatoms. The monoisotopic (exact) mass is 342 g/mol. The molecular weight excluding hydrogens is 326 g/mol. The summed E-state index contributed by atoms with van der Waals surface area (Å²) in [5.74, 6) is -1.36. The van der Waals surface area contributed by atoms with Crippen molar-refractivity contribution < 1.29 is 18.3 Å². The van der Waals surface area contributed by atoms with Gasteiger partial charge in [0.15, 0.2) is 11.6 Å². The van der Waals surface area contributed by atoms with Crippen LogP contribution in [0.3, 0.4) is 0 Å². The second-order valence-corrected chi connectivity index (χ2v) is 5.50. The molecule has 1 heterocycles. The number of halogens is 2. The zero-order valence-electron chi connectivity index (χ0n) is 13.8. The number of benzene rings is 2. The van der Waals surface area contributed by atoms with E-state index in [4.69, 9.17) is 4.74 Å². The largest absolute Gasteiger partial charge is 0.496 e. The molecule has 0 unspecified atom stereocenters. The van der Waals surface area contributed by atoms with Gasteiger partial charge < -0.3 is 10.1 Å². The summed E-state index contributed by atoms with van der Waals surface area (Å²) in [6.07, 6.45) is 2.43. The first-order chi connectivity index (χ1) is 12.0. The number of aliphatic imine (C=N–C) groups is 1. The number of hydrogen-bond acceptors (Lipinski definition) is 3. The summed E-state index contributed by atoms with van der Waals surface area (Å²) in [5, 5.41) is 2.57. The highest BCUT2D eigenvalue weighted by Gasteiger charge is 2.22. The maximum Gasteiger partial charge on any atom is 0.275 e. The van der Waals surface area contributed by atoms with Crippen molar-refractivity contribution in [3.63, 3.8) is 0 Å². The summed E-state index contributed by atoms with van der Waals surface area (Å²) in [6, 6.07) is 8.94. The van der Waals surface area contributed by atoms with Crippen LogP contribution in [0.2, 0.25) is 0 Å². The minimum Gasteiger partial charge on any atom is -0.496 e. The van der Waals surface area contributed by atoms with Crippen molar-refractivity contribution in [2.24, 2.45) is 4.99 Å². The Morgan fingerprint density at radius 2 is 1.96 bits per heavy atom. The SMILES string of the molecule is CCc1cc(/C=C2/N=C(c3ccc(F)c(F)c3)NC2=O)ccc1OC.